The van der Waals surface area contributed by atoms with Gasteiger partial charge in [0.05, 0.1) is 8.68 Å². The summed E-state index contributed by atoms with van der Waals surface area (Å²) in [6, 6.07) is 9.90. The smallest absolute Gasteiger partial charge is 0.243 e. The number of amides is 1. The van der Waals surface area contributed by atoms with Crippen LogP contribution in [0.3, 0.4) is 0 Å². The van der Waals surface area contributed by atoms with Crippen molar-refractivity contribution in [2.75, 3.05) is 12.4 Å². The fraction of sp³-hybridized carbons (Fsp3) is 0.214. The average Bonchev–Trinajstić information content (AvgIpc) is 2.84. The van der Waals surface area contributed by atoms with Crippen LogP contribution >= 0.6 is 27.3 Å². The second-order valence-corrected chi connectivity index (χ2v) is 9.26. The minimum absolute atomic E-state index is 0.194. The maximum atomic E-state index is 12.5. The lowest BCUT2D eigenvalue weighted by Gasteiger charge is -2.16. The van der Waals surface area contributed by atoms with Crippen molar-refractivity contribution in [1.29, 1.82) is 0 Å². The summed E-state index contributed by atoms with van der Waals surface area (Å²) < 4.78 is 27.3. The van der Waals surface area contributed by atoms with E-state index in [4.69, 9.17) is 0 Å². The SMILES string of the molecule is CC(=O)Nc1ccc(S(=O)(=O)N(C)Cc2ccc(Br)s2)cc1. The third-order valence-electron chi connectivity index (χ3n) is 2.89. The standard InChI is InChI=1S/C14H15BrN2O3S2/c1-10(18)16-11-3-6-13(7-4-11)22(19,20)17(2)9-12-5-8-14(15)21-12/h3-8H,9H2,1-2H3,(H,16,18). The fourth-order valence-electron chi connectivity index (χ4n) is 1.83. The predicted molar refractivity (Wildman–Crippen MR) is 91.4 cm³/mol. The van der Waals surface area contributed by atoms with E-state index < -0.39 is 10.0 Å². The highest BCUT2D eigenvalue weighted by atomic mass is 79.9. The molecule has 118 valence electrons. The molecule has 2 rings (SSSR count). The molecule has 1 aromatic carbocycles. The second-order valence-electron chi connectivity index (χ2n) is 4.67. The van der Waals surface area contributed by atoms with Crippen molar-refractivity contribution in [1.82, 2.24) is 4.31 Å². The Kier molecular flexibility index (Phi) is 5.38. The molecule has 1 aromatic heterocycles. The van der Waals surface area contributed by atoms with E-state index in [1.165, 1.54) is 34.7 Å². The number of carbonyl (C=O) groups excluding carboxylic acids is 1. The van der Waals surface area contributed by atoms with Gasteiger partial charge in [-0.15, -0.1) is 11.3 Å². The molecule has 0 aliphatic carbocycles. The number of nitrogens with one attached hydrogen (secondary N) is 1. The van der Waals surface area contributed by atoms with Crippen LogP contribution in [-0.4, -0.2) is 25.7 Å². The first-order valence-corrected chi connectivity index (χ1v) is 9.42. The molecule has 0 fully saturated rings. The molecule has 1 heterocycles. The first-order valence-electron chi connectivity index (χ1n) is 6.37. The van der Waals surface area contributed by atoms with Gasteiger partial charge in [-0.1, -0.05) is 0 Å². The third kappa shape index (κ3) is 4.16. The van der Waals surface area contributed by atoms with Crippen molar-refractivity contribution in [2.24, 2.45) is 0 Å². The zero-order valence-corrected chi connectivity index (χ0v) is 15.3. The maximum absolute atomic E-state index is 12.5. The highest BCUT2D eigenvalue weighted by molar-refractivity contribution is 9.11. The van der Waals surface area contributed by atoms with Crippen molar-refractivity contribution in [3.8, 4) is 0 Å². The average molecular weight is 403 g/mol. The van der Waals surface area contributed by atoms with Crippen LogP contribution in [0.5, 0.6) is 0 Å². The molecule has 0 spiro atoms. The number of halogens is 1. The van der Waals surface area contributed by atoms with Crippen LogP contribution in [0.25, 0.3) is 0 Å². The van der Waals surface area contributed by atoms with E-state index in [9.17, 15) is 13.2 Å². The summed E-state index contributed by atoms with van der Waals surface area (Å²) in [7, 11) is -2.01. The summed E-state index contributed by atoms with van der Waals surface area (Å²) in [5.74, 6) is -0.198. The molecule has 0 unspecified atom stereocenters. The zero-order chi connectivity index (χ0) is 16.3. The topological polar surface area (TPSA) is 66.5 Å². The van der Waals surface area contributed by atoms with Gasteiger partial charge in [0.1, 0.15) is 0 Å². The maximum Gasteiger partial charge on any atom is 0.243 e. The van der Waals surface area contributed by atoms with E-state index in [1.54, 1.807) is 19.2 Å². The molecule has 0 bridgehead atoms. The molecule has 0 saturated heterocycles. The van der Waals surface area contributed by atoms with E-state index in [1.807, 2.05) is 12.1 Å². The number of hydrogen-bond acceptors (Lipinski definition) is 4. The van der Waals surface area contributed by atoms with Crippen LogP contribution in [0.2, 0.25) is 0 Å². The number of anilines is 1. The van der Waals surface area contributed by atoms with Crippen LogP contribution in [0, 0.1) is 0 Å². The minimum atomic E-state index is -3.56. The second kappa shape index (κ2) is 6.91. The van der Waals surface area contributed by atoms with Gasteiger partial charge < -0.3 is 5.32 Å². The number of rotatable bonds is 5. The van der Waals surface area contributed by atoms with Crippen LogP contribution in [0.15, 0.2) is 45.1 Å². The Morgan fingerprint density at radius 3 is 2.36 bits per heavy atom. The predicted octanol–water partition coefficient (Wildman–Crippen LogP) is 3.29. The van der Waals surface area contributed by atoms with E-state index >= 15 is 0 Å². The molecular weight excluding hydrogens is 388 g/mol. The Bertz CT molecular complexity index is 770. The molecule has 0 aliphatic heterocycles. The highest BCUT2D eigenvalue weighted by Gasteiger charge is 2.21. The van der Waals surface area contributed by atoms with Gasteiger partial charge in [0.2, 0.25) is 15.9 Å². The van der Waals surface area contributed by atoms with Gasteiger partial charge in [0.25, 0.3) is 0 Å². The van der Waals surface area contributed by atoms with Crippen molar-refractivity contribution >= 4 is 48.9 Å². The quantitative estimate of drug-likeness (QED) is 0.833. The molecule has 8 heteroatoms. The summed E-state index contributed by atoms with van der Waals surface area (Å²) in [6.45, 7) is 1.71. The first-order chi connectivity index (χ1) is 10.3. The molecule has 0 saturated carbocycles. The highest BCUT2D eigenvalue weighted by Crippen LogP contribution is 2.25. The number of sulfonamides is 1. The van der Waals surface area contributed by atoms with Crippen molar-refractivity contribution in [2.45, 2.75) is 18.4 Å². The Labute approximate surface area is 142 Å². The molecule has 2 aromatic rings. The summed E-state index contributed by atoms with van der Waals surface area (Å²) in [4.78, 5) is 12.1. The number of hydrogen-bond donors (Lipinski definition) is 1. The van der Waals surface area contributed by atoms with Crippen LogP contribution in [0.4, 0.5) is 5.69 Å². The van der Waals surface area contributed by atoms with E-state index in [0.29, 0.717) is 12.2 Å². The Morgan fingerprint density at radius 2 is 1.86 bits per heavy atom. The third-order valence-corrected chi connectivity index (χ3v) is 6.32. The van der Waals surface area contributed by atoms with Gasteiger partial charge in [-0.25, -0.2) is 8.42 Å². The van der Waals surface area contributed by atoms with E-state index in [2.05, 4.69) is 21.2 Å². The summed E-state index contributed by atoms with van der Waals surface area (Å²) >= 11 is 4.86. The van der Waals surface area contributed by atoms with Gasteiger partial charge in [-0.2, -0.15) is 4.31 Å². The molecule has 5 nitrogen and oxygen atoms in total. The summed E-state index contributed by atoms with van der Waals surface area (Å²) in [5.41, 5.74) is 0.566. The largest absolute Gasteiger partial charge is 0.326 e. The van der Waals surface area contributed by atoms with E-state index in [-0.39, 0.29) is 10.8 Å². The Morgan fingerprint density at radius 1 is 1.23 bits per heavy atom. The molecule has 0 atom stereocenters. The Hall–Kier alpha value is -1.22. The van der Waals surface area contributed by atoms with Crippen molar-refractivity contribution in [3.63, 3.8) is 0 Å². The van der Waals surface area contributed by atoms with Gasteiger partial charge in [0.15, 0.2) is 0 Å². The lowest BCUT2D eigenvalue weighted by atomic mass is 10.3. The van der Waals surface area contributed by atoms with Crippen molar-refractivity contribution in [3.05, 3.63) is 45.1 Å². The van der Waals surface area contributed by atoms with Gasteiger partial charge in [-0.05, 0) is 52.3 Å². The van der Waals surface area contributed by atoms with Crippen LogP contribution in [-0.2, 0) is 21.4 Å². The molecule has 0 radical (unpaired) electrons. The molecule has 1 N–H and O–H groups in total. The number of thiophene rings is 1. The molecule has 22 heavy (non-hydrogen) atoms. The van der Waals surface area contributed by atoms with Gasteiger partial charge in [0, 0.05) is 31.1 Å². The lowest BCUT2D eigenvalue weighted by Crippen LogP contribution is -2.26. The first kappa shape index (κ1) is 17.1. The van der Waals surface area contributed by atoms with E-state index in [0.717, 1.165) is 8.66 Å². The van der Waals surface area contributed by atoms with Crippen molar-refractivity contribution < 1.29 is 13.2 Å². The monoisotopic (exact) mass is 402 g/mol. The molecule has 1 amide bonds. The fourth-order valence-corrected chi connectivity index (χ4v) is 4.60. The zero-order valence-electron chi connectivity index (χ0n) is 12.0. The summed E-state index contributed by atoms with van der Waals surface area (Å²) in [5, 5.41) is 2.60. The van der Waals surface area contributed by atoms with Gasteiger partial charge >= 0.3 is 0 Å². The minimum Gasteiger partial charge on any atom is -0.326 e. The normalized spacial score (nSPS) is 11.6. The Balaban J connectivity index is 2.16. The van der Waals surface area contributed by atoms with Gasteiger partial charge in [-0.3, -0.25) is 4.79 Å². The summed E-state index contributed by atoms with van der Waals surface area (Å²) in [6.07, 6.45) is 0. The number of nitrogens with zero attached hydrogens (tertiary/aromatic N) is 1. The molecule has 0 aliphatic rings. The number of carbonyl (C=O) groups is 1. The molecular formula is C14H15BrN2O3S2. The lowest BCUT2D eigenvalue weighted by molar-refractivity contribution is -0.114. The van der Waals surface area contributed by atoms with Crippen LogP contribution < -0.4 is 5.32 Å². The van der Waals surface area contributed by atoms with Crippen LogP contribution in [0.1, 0.15) is 11.8 Å². The number of benzene rings is 1.